The molecule has 1 aromatic rings. The molecule has 1 aliphatic rings. The number of rotatable bonds is 3. The topological polar surface area (TPSA) is 12.0 Å². The minimum atomic E-state index is 0.809. The van der Waals surface area contributed by atoms with Crippen molar-refractivity contribution in [2.75, 3.05) is 13.6 Å². The van der Waals surface area contributed by atoms with Crippen molar-refractivity contribution in [2.24, 2.45) is 5.92 Å². The van der Waals surface area contributed by atoms with E-state index in [0.29, 0.717) is 0 Å². The van der Waals surface area contributed by atoms with E-state index in [1.165, 1.54) is 24.9 Å². The molecule has 76 valence electrons. The van der Waals surface area contributed by atoms with Gasteiger partial charge in [-0.1, -0.05) is 24.3 Å². The fourth-order valence-corrected chi connectivity index (χ4v) is 2.49. The molecule has 0 bridgehead atoms. The van der Waals surface area contributed by atoms with Gasteiger partial charge in [-0.25, -0.2) is 0 Å². The Morgan fingerprint density at radius 1 is 1.29 bits per heavy atom. The summed E-state index contributed by atoms with van der Waals surface area (Å²) in [6, 6.07) is 8.81. The molecule has 0 amide bonds. The summed E-state index contributed by atoms with van der Waals surface area (Å²) in [6.07, 6.45) is 2.76. The third-order valence-corrected chi connectivity index (χ3v) is 3.47. The third kappa shape index (κ3) is 1.69. The Balaban J connectivity index is 2.12. The Labute approximate surface area is 86.5 Å². The largest absolute Gasteiger partial charge is 0.319 e. The van der Waals surface area contributed by atoms with Gasteiger partial charge in [-0.15, -0.1) is 0 Å². The van der Waals surface area contributed by atoms with Crippen molar-refractivity contribution in [3.63, 3.8) is 0 Å². The van der Waals surface area contributed by atoms with Gasteiger partial charge in [0.1, 0.15) is 0 Å². The van der Waals surface area contributed by atoms with E-state index in [-0.39, 0.29) is 0 Å². The highest BCUT2D eigenvalue weighted by atomic mass is 14.8. The van der Waals surface area contributed by atoms with Crippen molar-refractivity contribution in [2.45, 2.75) is 25.7 Å². The van der Waals surface area contributed by atoms with Crippen LogP contribution in [-0.2, 0) is 0 Å². The minimum absolute atomic E-state index is 0.809. The van der Waals surface area contributed by atoms with Gasteiger partial charge in [0.25, 0.3) is 0 Å². The van der Waals surface area contributed by atoms with Gasteiger partial charge >= 0.3 is 0 Å². The Morgan fingerprint density at radius 3 is 2.64 bits per heavy atom. The number of nitrogens with one attached hydrogen (secondary N) is 1. The molecule has 2 atom stereocenters. The molecular weight excluding hydrogens is 170 g/mol. The van der Waals surface area contributed by atoms with Crippen LogP contribution >= 0.6 is 0 Å². The summed E-state index contributed by atoms with van der Waals surface area (Å²) in [5.74, 6) is 1.67. The fraction of sp³-hybridized carbons (Fsp3) is 0.538. The van der Waals surface area contributed by atoms with E-state index >= 15 is 0 Å². The van der Waals surface area contributed by atoms with E-state index in [1.54, 1.807) is 5.56 Å². The smallest absolute Gasteiger partial charge is 0.00177 e. The van der Waals surface area contributed by atoms with Gasteiger partial charge in [-0.3, -0.25) is 0 Å². The summed E-state index contributed by atoms with van der Waals surface area (Å²) in [5, 5.41) is 3.29. The molecule has 1 heteroatoms. The van der Waals surface area contributed by atoms with Crippen LogP contribution in [0.3, 0.4) is 0 Å². The first-order chi connectivity index (χ1) is 6.83. The molecule has 2 unspecified atom stereocenters. The zero-order valence-electron chi connectivity index (χ0n) is 9.09. The van der Waals surface area contributed by atoms with Gasteiger partial charge in [0.2, 0.25) is 0 Å². The van der Waals surface area contributed by atoms with Crippen molar-refractivity contribution < 1.29 is 0 Å². The molecule has 1 aromatic carbocycles. The second-order valence-electron chi connectivity index (χ2n) is 4.36. The molecule has 14 heavy (non-hydrogen) atoms. The van der Waals surface area contributed by atoms with Gasteiger partial charge in [0.05, 0.1) is 0 Å². The fourth-order valence-electron chi connectivity index (χ4n) is 2.49. The van der Waals surface area contributed by atoms with Crippen molar-refractivity contribution in [3.05, 3.63) is 35.4 Å². The molecule has 0 saturated heterocycles. The zero-order chi connectivity index (χ0) is 9.97. The van der Waals surface area contributed by atoms with Crippen LogP contribution in [0.1, 0.15) is 29.9 Å². The summed E-state index contributed by atoms with van der Waals surface area (Å²) < 4.78 is 0. The molecule has 1 saturated carbocycles. The summed E-state index contributed by atoms with van der Waals surface area (Å²) in [5.41, 5.74) is 3.03. The van der Waals surface area contributed by atoms with Crippen LogP contribution in [0.15, 0.2) is 24.3 Å². The Hall–Kier alpha value is -0.820. The quantitative estimate of drug-likeness (QED) is 0.771. The number of benzene rings is 1. The first-order valence-corrected chi connectivity index (χ1v) is 5.53. The minimum Gasteiger partial charge on any atom is -0.319 e. The van der Waals surface area contributed by atoms with Crippen LogP contribution < -0.4 is 5.32 Å². The summed E-state index contributed by atoms with van der Waals surface area (Å²) in [6.45, 7) is 3.39. The van der Waals surface area contributed by atoms with Crippen LogP contribution in [0.25, 0.3) is 0 Å². The van der Waals surface area contributed by atoms with Crippen molar-refractivity contribution in [1.29, 1.82) is 0 Å². The lowest BCUT2D eigenvalue weighted by molar-refractivity contribution is 0.250. The van der Waals surface area contributed by atoms with Gasteiger partial charge in [0, 0.05) is 0 Å². The van der Waals surface area contributed by atoms with E-state index in [2.05, 4.69) is 36.5 Å². The lowest BCUT2D eigenvalue weighted by Gasteiger charge is -2.37. The molecule has 0 spiro atoms. The Bertz CT molecular complexity index is 306. The highest BCUT2D eigenvalue weighted by molar-refractivity contribution is 5.31. The average molecular weight is 189 g/mol. The predicted molar refractivity (Wildman–Crippen MR) is 60.6 cm³/mol. The normalized spacial score (nSPS) is 25.9. The maximum absolute atomic E-state index is 3.29. The lowest BCUT2D eigenvalue weighted by Crippen LogP contribution is -2.32. The Kier molecular flexibility index (Phi) is 2.87. The van der Waals surface area contributed by atoms with Crippen LogP contribution in [0, 0.1) is 12.8 Å². The van der Waals surface area contributed by atoms with Crippen LogP contribution in [0.2, 0.25) is 0 Å². The molecule has 1 aliphatic carbocycles. The molecule has 1 nitrogen and oxygen atoms in total. The summed E-state index contributed by atoms with van der Waals surface area (Å²) in [7, 11) is 2.05. The third-order valence-electron chi connectivity index (χ3n) is 3.47. The monoisotopic (exact) mass is 189 g/mol. The second kappa shape index (κ2) is 4.14. The second-order valence-corrected chi connectivity index (χ2v) is 4.36. The highest BCUT2D eigenvalue weighted by Crippen LogP contribution is 2.42. The van der Waals surface area contributed by atoms with E-state index in [9.17, 15) is 0 Å². The average Bonchev–Trinajstić information content (AvgIpc) is 2.16. The maximum atomic E-state index is 3.29. The van der Waals surface area contributed by atoms with Crippen molar-refractivity contribution in [3.8, 4) is 0 Å². The standard InChI is InChI=1S/C13H19N/c1-10-5-3-4-6-12(10)13-8-7-11(13)9-14-2/h3-6,11,13-14H,7-9H2,1-2H3. The zero-order valence-corrected chi connectivity index (χ0v) is 9.09. The number of hydrogen-bond donors (Lipinski definition) is 1. The van der Waals surface area contributed by atoms with Crippen molar-refractivity contribution >= 4 is 0 Å². The molecular formula is C13H19N. The van der Waals surface area contributed by atoms with Crippen molar-refractivity contribution in [1.82, 2.24) is 5.32 Å². The van der Waals surface area contributed by atoms with Gasteiger partial charge < -0.3 is 5.32 Å². The molecule has 1 N–H and O–H groups in total. The first kappa shape index (κ1) is 9.72. The van der Waals surface area contributed by atoms with E-state index in [0.717, 1.165) is 11.8 Å². The lowest BCUT2D eigenvalue weighted by atomic mass is 9.69. The molecule has 0 radical (unpaired) electrons. The van der Waals surface area contributed by atoms with Crippen LogP contribution in [0.4, 0.5) is 0 Å². The van der Waals surface area contributed by atoms with E-state index in [1.807, 2.05) is 7.05 Å². The summed E-state index contributed by atoms with van der Waals surface area (Å²) >= 11 is 0. The predicted octanol–water partition coefficient (Wildman–Crippen LogP) is 2.71. The van der Waals surface area contributed by atoms with E-state index < -0.39 is 0 Å². The van der Waals surface area contributed by atoms with Crippen LogP contribution in [-0.4, -0.2) is 13.6 Å². The van der Waals surface area contributed by atoms with Gasteiger partial charge in [0.15, 0.2) is 0 Å². The molecule has 0 heterocycles. The number of aryl methyl sites for hydroxylation is 1. The van der Waals surface area contributed by atoms with Gasteiger partial charge in [-0.2, -0.15) is 0 Å². The first-order valence-electron chi connectivity index (χ1n) is 5.53. The van der Waals surface area contributed by atoms with E-state index in [4.69, 9.17) is 0 Å². The number of hydrogen-bond acceptors (Lipinski definition) is 1. The SMILES string of the molecule is CNCC1CCC1c1ccccc1C. The Morgan fingerprint density at radius 2 is 2.07 bits per heavy atom. The molecule has 2 rings (SSSR count). The van der Waals surface area contributed by atoms with Crippen LogP contribution in [0.5, 0.6) is 0 Å². The molecule has 0 aromatic heterocycles. The molecule has 0 aliphatic heterocycles. The maximum Gasteiger partial charge on any atom is -0.00177 e. The summed E-state index contributed by atoms with van der Waals surface area (Å²) in [4.78, 5) is 0. The highest BCUT2D eigenvalue weighted by Gasteiger charge is 2.31. The molecule has 1 fully saturated rings. The van der Waals surface area contributed by atoms with Gasteiger partial charge in [-0.05, 0) is 56.3 Å².